The van der Waals surface area contributed by atoms with E-state index in [-0.39, 0.29) is 32.0 Å². The van der Waals surface area contributed by atoms with Gasteiger partial charge in [0.25, 0.3) is 0 Å². The monoisotopic (exact) mass is 298 g/mol. The van der Waals surface area contributed by atoms with Crippen molar-refractivity contribution >= 4 is 22.0 Å². The Balaban J connectivity index is 2.39. The van der Waals surface area contributed by atoms with Crippen LogP contribution in [0.2, 0.25) is 0 Å². The topological polar surface area (TPSA) is 95.5 Å². The van der Waals surface area contributed by atoms with Crippen molar-refractivity contribution in [2.75, 3.05) is 19.7 Å². The number of carbonyl (C=O) groups is 1. The first kappa shape index (κ1) is 16.4. The first-order valence-electron chi connectivity index (χ1n) is 6.14. The lowest BCUT2D eigenvalue weighted by atomic mass is 10.2. The number of aliphatic hydroxyl groups excluding tert-OH is 1. The maximum atomic E-state index is 11.6. The summed E-state index contributed by atoms with van der Waals surface area (Å²) in [6.07, 6.45) is 1.51. The summed E-state index contributed by atoms with van der Waals surface area (Å²) in [5.41, 5.74) is 0.776. The van der Waals surface area contributed by atoms with Gasteiger partial charge in [0.1, 0.15) is 0 Å². The molecule has 1 amide bonds. The van der Waals surface area contributed by atoms with Crippen molar-refractivity contribution in [1.29, 1.82) is 0 Å². The number of carbonyl (C=O) groups excluding carboxylic acids is 1. The van der Waals surface area contributed by atoms with Crippen LogP contribution in [0, 0.1) is 0 Å². The van der Waals surface area contributed by atoms with Gasteiger partial charge >= 0.3 is 0 Å². The molecule has 1 aromatic carbocycles. The predicted molar refractivity (Wildman–Crippen MR) is 77.1 cm³/mol. The van der Waals surface area contributed by atoms with E-state index >= 15 is 0 Å². The minimum absolute atomic E-state index is 0.0126. The molecule has 110 valence electrons. The Morgan fingerprint density at radius 2 is 1.90 bits per heavy atom. The van der Waals surface area contributed by atoms with Crippen molar-refractivity contribution in [2.45, 2.75) is 6.42 Å². The van der Waals surface area contributed by atoms with Gasteiger partial charge in [-0.05, 0) is 11.6 Å². The molecule has 0 atom stereocenters. The molecule has 7 heteroatoms. The molecule has 20 heavy (non-hydrogen) atoms. The fraction of sp³-hybridized carbons (Fsp3) is 0.308. The number of hydrogen-bond acceptors (Lipinski definition) is 4. The molecular formula is C13H18N2O4S. The van der Waals surface area contributed by atoms with Crippen LogP contribution in [-0.2, 0) is 14.8 Å². The van der Waals surface area contributed by atoms with E-state index in [1.165, 1.54) is 6.08 Å². The molecule has 0 unspecified atom stereocenters. The summed E-state index contributed by atoms with van der Waals surface area (Å²) in [5.74, 6) is -0.311. The largest absolute Gasteiger partial charge is 0.395 e. The second-order valence-corrected chi connectivity index (χ2v) is 5.63. The van der Waals surface area contributed by atoms with E-state index in [2.05, 4.69) is 10.0 Å². The summed E-state index contributed by atoms with van der Waals surface area (Å²) in [6.45, 7) is 0.0372. The van der Waals surface area contributed by atoms with Crippen molar-refractivity contribution in [3.8, 4) is 0 Å². The number of aliphatic hydroxyl groups is 1. The summed E-state index contributed by atoms with van der Waals surface area (Å²) in [5, 5.41) is 12.0. The predicted octanol–water partition coefficient (Wildman–Crippen LogP) is 0.0753. The van der Waals surface area contributed by atoms with Gasteiger partial charge in [-0.15, -0.1) is 0 Å². The van der Waals surface area contributed by atoms with Crippen molar-refractivity contribution in [2.24, 2.45) is 0 Å². The summed E-state index contributed by atoms with van der Waals surface area (Å²) < 4.78 is 25.6. The standard InChI is InChI=1S/C13H18N2O4S/c16-10-9-14-13(17)6-8-15-20(18,19)11-7-12-4-2-1-3-5-12/h1-5,7,11,15-16H,6,8-10H2,(H,14,17)/b11-7+. The van der Waals surface area contributed by atoms with Gasteiger partial charge in [-0.3, -0.25) is 4.79 Å². The molecule has 0 spiro atoms. The van der Waals surface area contributed by atoms with Gasteiger partial charge in [-0.25, -0.2) is 13.1 Å². The molecule has 0 aliphatic carbocycles. The third-order valence-electron chi connectivity index (χ3n) is 2.33. The Morgan fingerprint density at radius 1 is 1.20 bits per heavy atom. The number of amides is 1. The minimum atomic E-state index is -3.56. The third kappa shape index (κ3) is 7.03. The lowest BCUT2D eigenvalue weighted by Crippen LogP contribution is -2.31. The maximum absolute atomic E-state index is 11.6. The Bertz CT molecular complexity index is 541. The molecule has 0 fully saturated rings. The highest BCUT2D eigenvalue weighted by molar-refractivity contribution is 7.92. The van der Waals surface area contributed by atoms with Crippen LogP contribution in [0.1, 0.15) is 12.0 Å². The molecule has 3 N–H and O–H groups in total. The zero-order valence-electron chi connectivity index (χ0n) is 11.0. The van der Waals surface area contributed by atoms with Gasteiger partial charge in [0, 0.05) is 24.9 Å². The number of benzene rings is 1. The number of rotatable bonds is 8. The molecule has 0 saturated carbocycles. The molecule has 0 radical (unpaired) electrons. The summed E-state index contributed by atoms with van der Waals surface area (Å²) in [4.78, 5) is 11.2. The van der Waals surface area contributed by atoms with Gasteiger partial charge in [0.15, 0.2) is 0 Å². The normalized spacial score (nSPS) is 11.7. The van der Waals surface area contributed by atoms with Crippen LogP contribution < -0.4 is 10.0 Å². The molecule has 1 aromatic rings. The molecule has 6 nitrogen and oxygen atoms in total. The van der Waals surface area contributed by atoms with Crippen molar-refractivity contribution in [3.05, 3.63) is 41.3 Å². The van der Waals surface area contributed by atoms with E-state index in [9.17, 15) is 13.2 Å². The molecule has 0 aliphatic rings. The van der Waals surface area contributed by atoms with Gasteiger partial charge in [0.2, 0.25) is 15.9 Å². The molecule has 0 aliphatic heterocycles. The number of nitrogens with one attached hydrogen (secondary N) is 2. The van der Waals surface area contributed by atoms with Crippen LogP contribution in [0.25, 0.3) is 6.08 Å². The van der Waals surface area contributed by atoms with Crippen molar-refractivity contribution in [1.82, 2.24) is 10.0 Å². The van der Waals surface area contributed by atoms with E-state index < -0.39 is 10.0 Å². The highest BCUT2D eigenvalue weighted by Gasteiger charge is 2.06. The van der Waals surface area contributed by atoms with Crippen LogP contribution in [0.15, 0.2) is 35.7 Å². The lowest BCUT2D eigenvalue weighted by Gasteiger charge is -2.04. The Morgan fingerprint density at radius 3 is 2.55 bits per heavy atom. The minimum Gasteiger partial charge on any atom is -0.395 e. The fourth-order valence-electron chi connectivity index (χ4n) is 1.37. The second kappa shape index (κ2) is 8.47. The van der Waals surface area contributed by atoms with Crippen LogP contribution in [0.3, 0.4) is 0 Å². The van der Waals surface area contributed by atoms with Gasteiger partial charge in [-0.1, -0.05) is 30.3 Å². The van der Waals surface area contributed by atoms with Crippen molar-refractivity contribution < 1.29 is 18.3 Å². The summed E-state index contributed by atoms with van der Waals surface area (Å²) in [7, 11) is -3.56. The van der Waals surface area contributed by atoms with Crippen LogP contribution in [0.4, 0.5) is 0 Å². The SMILES string of the molecule is O=C(CCNS(=O)(=O)/C=C/c1ccccc1)NCCO. The highest BCUT2D eigenvalue weighted by Crippen LogP contribution is 2.02. The first-order chi connectivity index (χ1) is 9.53. The first-order valence-corrected chi connectivity index (χ1v) is 7.68. The average Bonchev–Trinajstić information content (AvgIpc) is 2.44. The van der Waals surface area contributed by atoms with Crippen molar-refractivity contribution in [3.63, 3.8) is 0 Å². The van der Waals surface area contributed by atoms with E-state index in [1.807, 2.05) is 18.2 Å². The molecule has 0 heterocycles. The van der Waals surface area contributed by atoms with Gasteiger partial charge in [-0.2, -0.15) is 0 Å². The Labute approximate surface area is 118 Å². The van der Waals surface area contributed by atoms with E-state index in [0.717, 1.165) is 11.0 Å². The van der Waals surface area contributed by atoms with Crippen LogP contribution >= 0.6 is 0 Å². The Hall–Kier alpha value is -1.70. The molecule has 0 saturated heterocycles. The fourth-order valence-corrected chi connectivity index (χ4v) is 2.19. The van der Waals surface area contributed by atoms with Gasteiger partial charge in [0.05, 0.1) is 6.61 Å². The number of sulfonamides is 1. The molecule has 1 rings (SSSR count). The summed E-state index contributed by atoms with van der Waals surface area (Å²) >= 11 is 0. The lowest BCUT2D eigenvalue weighted by molar-refractivity contribution is -0.121. The van der Waals surface area contributed by atoms with Crippen LogP contribution in [0.5, 0.6) is 0 Å². The van der Waals surface area contributed by atoms with Crippen LogP contribution in [-0.4, -0.2) is 39.1 Å². The quantitative estimate of drug-likeness (QED) is 0.633. The number of hydrogen-bond donors (Lipinski definition) is 3. The zero-order chi connectivity index (χ0) is 14.8. The smallest absolute Gasteiger partial charge is 0.233 e. The Kier molecular flexibility index (Phi) is 6.92. The highest BCUT2D eigenvalue weighted by atomic mass is 32.2. The molecule has 0 aromatic heterocycles. The van der Waals surface area contributed by atoms with E-state index in [4.69, 9.17) is 5.11 Å². The second-order valence-electron chi connectivity index (χ2n) is 3.98. The molecular weight excluding hydrogens is 280 g/mol. The van der Waals surface area contributed by atoms with Gasteiger partial charge < -0.3 is 10.4 Å². The average molecular weight is 298 g/mol. The van der Waals surface area contributed by atoms with E-state index in [0.29, 0.717) is 0 Å². The summed E-state index contributed by atoms with van der Waals surface area (Å²) in [6, 6.07) is 9.04. The zero-order valence-corrected chi connectivity index (χ0v) is 11.8. The van der Waals surface area contributed by atoms with E-state index in [1.54, 1.807) is 12.1 Å². The third-order valence-corrected chi connectivity index (χ3v) is 3.43. The maximum Gasteiger partial charge on any atom is 0.233 e. The molecule has 0 bridgehead atoms.